The summed E-state index contributed by atoms with van der Waals surface area (Å²) >= 11 is 0. The summed E-state index contributed by atoms with van der Waals surface area (Å²) < 4.78 is 52.5. The minimum atomic E-state index is -3.13. The number of carbonyl (C=O) groups excluding carboxylic acids is 1. The Kier molecular flexibility index (Phi) is 6.92. The number of amidine groups is 1. The number of halogens is 2. The molecule has 1 fully saturated rings. The van der Waals surface area contributed by atoms with Crippen LogP contribution in [0, 0.1) is 5.41 Å². The van der Waals surface area contributed by atoms with Gasteiger partial charge >= 0.3 is 6.61 Å². The highest BCUT2D eigenvalue weighted by molar-refractivity contribution is 7.93. The van der Waals surface area contributed by atoms with Gasteiger partial charge in [0.1, 0.15) is 11.6 Å². The van der Waals surface area contributed by atoms with Gasteiger partial charge in [-0.05, 0) is 51.1 Å². The molecule has 0 aromatic heterocycles. The van der Waals surface area contributed by atoms with Crippen molar-refractivity contribution in [3.05, 3.63) is 53.6 Å². The van der Waals surface area contributed by atoms with Crippen LogP contribution in [0.15, 0.2) is 42.5 Å². The van der Waals surface area contributed by atoms with Crippen molar-refractivity contribution in [3.63, 3.8) is 0 Å². The molecule has 1 aliphatic rings. The van der Waals surface area contributed by atoms with Gasteiger partial charge in [0.15, 0.2) is 9.84 Å². The molecule has 11 heteroatoms. The zero-order valence-electron chi connectivity index (χ0n) is 18.4. The monoisotopic (exact) mass is 480 g/mol. The number of sulfone groups is 1. The quantitative estimate of drug-likeness (QED) is 0.340. The topological polar surface area (TPSA) is 120 Å². The molecular formula is C22H26F2N4O4S. The SMILES string of the molecule is CC(C)NC(=N)c1cc(C(=O)NC2(C)CS(=O)(=O)C2)ccc1Nc1cccc(OC(F)F)c1. The predicted molar refractivity (Wildman–Crippen MR) is 122 cm³/mol. The Hall–Kier alpha value is -3.21. The molecule has 0 saturated carbocycles. The Balaban J connectivity index is 1.87. The van der Waals surface area contributed by atoms with E-state index in [0.717, 1.165) is 0 Å². The first-order chi connectivity index (χ1) is 15.4. The van der Waals surface area contributed by atoms with Gasteiger partial charge in [-0.15, -0.1) is 0 Å². The molecule has 8 nitrogen and oxygen atoms in total. The summed E-state index contributed by atoms with van der Waals surface area (Å²) in [5.74, 6) is -0.670. The summed E-state index contributed by atoms with van der Waals surface area (Å²) in [5.41, 5.74) is 0.725. The van der Waals surface area contributed by atoms with Crippen molar-refractivity contribution in [2.24, 2.45) is 0 Å². The molecule has 1 saturated heterocycles. The molecule has 0 radical (unpaired) electrons. The molecule has 1 amide bonds. The zero-order chi connectivity index (χ0) is 24.4. The fourth-order valence-electron chi connectivity index (χ4n) is 3.62. The van der Waals surface area contributed by atoms with E-state index < -0.39 is 27.9 Å². The predicted octanol–water partition coefficient (Wildman–Crippen LogP) is 3.27. The highest BCUT2D eigenvalue weighted by Gasteiger charge is 2.45. The Morgan fingerprint density at radius 2 is 1.85 bits per heavy atom. The number of alkyl halides is 2. The number of ether oxygens (including phenoxy) is 1. The Morgan fingerprint density at radius 3 is 2.45 bits per heavy atom. The molecule has 4 N–H and O–H groups in total. The van der Waals surface area contributed by atoms with E-state index in [1.54, 1.807) is 31.2 Å². The maximum atomic E-state index is 12.8. The van der Waals surface area contributed by atoms with Gasteiger partial charge in [-0.2, -0.15) is 8.78 Å². The van der Waals surface area contributed by atoms with E-state index in [1.165, 1.54) is 18.2 Å². The van der Waals surface area contributed by atoms with Gasteiger partial charge in [0.05, 0.1) is 17.0 Å². The standard InChI is InChI=1S/C22H26F2N4O4S/c1-13(2)26-19(25)17-9-14(20(29)28-22(3)11-33(30,31)12-22)7-8-18(17)27-15-5-4-6-16(10-15)32-21(23)24/h4-10,13,21,27H,11-12H2,1-3H3,(H2,25,26)(H,28,29). The number of carbonyl (C=O) groups is 1. The molecule has 0 spiro atoms. The number of anilines is 2. The lowest BCUT2D eigenvalue weighted by Crippen LogP contribution is -2.63. The summed E-state index contributed by atoms with van der Waals surface area (Å²) in [5, 5.41) is 17.2. The van der Waals surface area contributed by atoms with Crippen molar-refractivity contribution < 1.29 is 26.7 Å². The summed E-state index contributed by atoms with van der Waals surface area (Å²) in [6.45, 7) is 2.44. The van der Waals surface area contributed by atoms with Crippen LogP contribution in [0.5, 0.6) is 5.75 Å². The molecule has 178 valence electrons. The first-order valence-corrected chi connectivity index (χ1v) is 12.0. The number of nitrogens with one attached hydrogen (secondary N) is 4. The van der Waals surface area contributed by atoms with Crippen molar-refractivity contribution in [3.8, 4) is 5.75 Å². The summed E-state index contributed by atoms with van der Waals surface area (Å²) in [6.07, 6.45) is 0. The highest BCUT2D eigenvalue weighted by atomic mass is 32.2. The molecule has 1 heterocycles. The smallest absolute Gasteiger partial charge is 0.387 e. The summed E-state index contributed by atoms with van der Waals surface area (Å²) in [4.78, 5) is 12.8. The van der Waals surface area contributed by atoms with Crippen LogP contribution in [0.25, 0.3) is 0 Å². The lowest BCUT2D eigenvalue weighted by Gasteiger charge is -2.38. The molecule has 0 atom stereocenters. The maximum absolute atomic E-state index is 12.8. The van der Waals surface area contributed by atoms with E-state index in [4.69, 9.17) is 5.41 Å². The van der Waals surface area contributed by atoms with Gasteiger partial charge in [-0.3, -0.25) is 10.2 Å². The second-order valence-electron chi connectivity index (χ2n) is 8.51. The third kappa shape index (κ3) is 6.41. The van der Waals surface area contributed by atoms with E-state index in [1.807, 2.05) is 13.8 Å². The van der Waals surface area contributed by atoms with E-state index in [0.29, 0.717) is 16.9 Å². The minimum Gasteiger partial charge on any atom is -0.435 e. The van der Waals surface area contributed by atoms with Crippen LogP contribution in [-0.2, 0) is 9.84 Å². The van der Waals surface area contributed by atoms with Crippen LogP contribution in [0.1, 0.15) is 36.7 Å². The van der Waals surface area contributed by atoms with Gasteiger partial charge in [-0.1, -0.05) is 6.07 Å². The fraction of sp³-hybridized carbons (Fsp3) is 0.364. The van der Waals surface area contributed by atoms with Crippen LogP contribution in [0.4, 0.5) is 20.2 Å². The van der Waals surface area contributed by atoms with Crippen LogP contribution in [-0.4, -0.2) is 49.9 Å². The van der Waals surface area contributed by atoms with Gasteiger partial charge in [0.2, 0.25) is 0 Å². The molecule has 2 aromatic carbocycles. The van der Waals surface area contributed by atoms with Gasteiger partial charge < -0.3 is 20.7 Å². The van der Waals surface area contributed by atoms with Crippen LogP contribution in [0.2, 0.25) is 0 Å². The van der Waals surface area contributed by atoms with Crippen LogP contribution < -0.4 is 20.7 Å². The molecule has 0 bridgehead atoms. The molecule has 3 rings (SSSR count). The summed E-state index contributed by atoms with van der Waals surface area (Å²) in [7, 11) is -3.13. The highest BCUT2D eigenvalue weighted by Crippen LogP contribution is 2.27. The van der Waals surface area contributed by atoms with Crippen molar-refractivity contribution in [1.82, 2.24) is 10.6 Å². The third-order valence-electron chi connectivity index (χ3n) is 4.81. The minimum absolute atomic E-state index is 0.0216. The number of amides is 1. The lowest BCUT2D eigenvalue weighted by molar-refractivity contribution is -0.0498. The summed E-state index contributed by atoms with van der Waals surface area (Å²) in [6, 6.07) is 10.6. The second kappa shape index (κ2) is 9.34. The van der Waals surface area contributed by atoms with Gasteiger partial charge in [0, 0.05) is 34.6 Å². The Morgan fingerprint density at radius 1 is 1.15 bits per heavy atom. The average molecular weight is 481 g/mol. The van der Waals surface area contributed by atoms with Gasteiger partial charge in [0.25, 0.3) is 5.91 Å². The second-order valence-corrected chi connectivity index (χ2v) is 10.6. The Labute approximate surface area is 191 Å². The molecule has 1 aliphatic heterocycles. The maximum Gasteiger partial charge on any atom is 0.387 e. The Bertz CT molecular complexity index is 1160. The van der Waals surface area contributed by atoms with Crippen molar-refractivity contribution in [2.75, 3.05) is 16.8 Å². The lowest BCUT2D eigenvalue weighted by atomic mass is 10.0. The number of hydrogen-bond acceptors (Lipinski definition) is 6. The zero-order valence-corrected chi connectivity index (χ0v) is 19.2. The van der Waals surface area contributed by atoms with Crippen molar-refractivity contribution >= 4 is 33.0 Å². The van der Waals surface area contributed by atoms with Crippen LogP contribution >= 0.6 is 0 Å². The first kappa shape index (κ1) is 24.4. The normalized spacial score (nSPS) is 16.1. The molecule has 0 unspecified atom stereocenters. The van der Waals surface area contributed by atoms with Gasteiger partial charge in [-0.25, -0.2) is 8.42 Å². The van der Waals surface area contributed by atoms with E-state index >= 15 is 0 Å². The van der Waals surface area contributed by atoms with Crippen LogP contribution in [0.3, 0.4) is 0 Å². The van der Waals surface area contributed by atoms with E-state index in [-0.39, 0.29) is 34.7 Å². The van der Waals surface area contributed by atoms with Crippen molar-refractivity contribution in [1.29, 1.82) is 5.41 Å². The fourth-order valence-corrected chi connectivity index (χ4v) is 5.62. The molecule has 2 aromatic rings. The largest absolute Gasteiger partial charge is 0.435 e. The molecule has 0 aliphatic carbocycles. The first-order valence-electron chi connectivity index (χ1n) is 10.2. The number of benzene rings is 2. The van der Waals surface area contributed by atoms with Crippen molar-refractivity contribution in [2.45, 2.75) is 39.0 Å². The molecular weight excluding hydrogens is 454 g/mol. The van der Waals surface area contributed by atoms with E-state index in [2.05, 4.69) is 20.7 Å². The average Bonchev–Trinajstić information content (AvgIpc) is 2.65. The third-order valence-corrected chi connectivity index (χ3v) is 6.97. The number of hydrogen-bond donors (Lipinski definition) is 4. The number of rotatable bonds is 8. The molecule has 33 heavy (non-hydrogen) atoms. The van der Waals surface area contributed by atoms with E-state index in [9.17, 15) is 22.0 Å².